The monoisotopic (exact) mass is 545 g/mol. The minimum absolute atomic E-state index is 0.0925. The van der Waals surface area contributed by atoms with Gasteiger partial charge in [0.25, 0.3) is 0 Å². The van der Waals surface area contributed by atoms with Crippen LogP contribution in [0.15, 0.2) is 35.4 Å². The van der Waals surface area contributed by atoms with E-state index >= 15 is 0 Å². The van der Waals surface area contributed by atoms with E-state index in [2.05, 4.69) is 15.9 Å². The molecule has 2 aliphatic rings. The first-order chi connectivity index (χ1) is 18.8. The number of aliphatic hydroxyl groups excluding tert-OH is 1. The normalized spacial score (nSPS) is 34.5. The predicted octanol–water partition coefficient (Wildman–Crippen LogP) is 3.73. The number of terminal acetylenes is 1. The Kier molecular flexibility index (Phi) is 12.0. The molecule has 214 valence electrons. The van der Waals surface area contributed by atoms with Gasteiger partial charge in [-0.25, -0.2) is 0 Å². The molecule has 1 N–H and O–H groups in total. The Morgan fingerprint density at radius 2 is 1.87 bits per heavy atom. The molecule has 0 spiro atoms. The van der Waals surface area contributed by atoms with Gasteiger partial charge in [-0.1, -0.05) is 49.3 Å². The number of ether oxygens (including phenoxy) is 6. The molecule has 0 radical (unpaired) electrons. The molecule has 1 aromatic carbocycles. The second-order valence-electron chi connectivity index (χ2n) is 10.00. The number of aliphatic hydroxyl groups is 1. The third kappa shape index (κ3) is 8.40. The van der Waals surface area contributed by atoms with Crippen molar-refractivity contribution >= 4 is 5.97 Å². The van der Waals surface area contributed by atoms with Gasteiger partial charge in [0.15, 0.2) is 12.6 Å². The molecule has 1 aromatic rings. The number of hydrogen-bond donors (Lipinski definition) is 1. The first-order valence-electron chi connectivity index (χ1n) is 13.3. The first-order valence-corrected chi connectivity index (χ1v) is 13.3. The average Bonchev–Trinajstić information content (AvgIpc) is 2.92. The van der Waals surface area contributed by atoms with Gasteiger partial charge >= 0.3 is 5.97 Å². The maximum atomic E-state index is 11.6. The Balaban J connectivity index is 1.78. The van der Waals surface area contributed by atoms with Crippen LogP contribution in [-0.4, -0.2) is 73.4 Å². The van der Waals surface area contributed by atoms with Gasteiger partial charge in [-0.2, -0.15) is 0 Å². The quantitative estimate of drug-likeness (QED) is 0.105. The number of carbonyl (C=O) groups excluding carboxylic acids is 1. The zero-order chi connectivity index (χ0) is 28.4. The van der Waals surface area contributed by atoms with E-state index in [1.54, 1.807) is 6.92 Å². The SMILES string of the molecule is C#CCCCOC1OC(COC(C)=O)[C@H](O[C@@H]2OC(C)[C@H](O)[C@@H](OCc3ccccc3)C2C)[C@H](C)C1N=[N+]=[N-]. The highest BCUT2D eigenvalue weighted by atomic mass is 16.7. The summed E-state index contributed by atoms with van der Waals surface area (Å²) in [6.45, 7) is 7.35. The lowest BCUT2D eigenvalue weighted by Gasteiger charge is -2.48. The summed E-state index contributed by atoms with van der Waals surface area (Å²) in [5.74, 6) is 1.33. The Morgan fingerprint density at radius 1 is 1.13 bits per heavy atom. The van der Waals surface area contributed by atoms with Gasteiger partial charge in [0.05, 0.1) is 37.6 Å². The van der Waals surface area contributed by atoms with Crippen LogP contribution < -0.4 is 0 Å². The average molecular weight is 546 g/mol. The van der Waals surface area contributed by atoms with Crippen molar-refractivity contribution in [2.45, 2.75) is 96.3 Å². The van der Waals surface area contributed by atoms with Crippen molar-refractivity contribution in [2.24, 2.45) is 17.0 Å². The Morgan fingerprint density at radius 3 is 2.54 bits per heavy atom. The first kappa shape index (κ1) is 30.9. The summed E-state index contributed by atoms with van der Waals surface area (Å²) in [4.78, 5) is 14.6. The number of unbranched alkanes of at least 4 members (excludes halogenated alkanes) is 1. The Labute approximate surface area is 229 Å². The maximum absolute atomic E-state index is 11.6. The lowest BCUT2D eigenvalue weighted by molar-refractivity contribution is -0.330. The maximum Gasteiger partial charge on any atom is 0.302 e. The van der Waals surface area contributed by atoms with Gasteiger partial charge in [-0.3, -0.25) is 4.79 Å². The fourth-order valence-electron chi connectivity index (χ4n) is 4.86. The van der Waals surface area contributed by atoms with Crippen LogP contribution in [0.4, 0.5) is 0 Å². The molecular formula is C28H39N3O8. The molecule has 0 aromatic heterocycles. The zero-order valence-corrected chi connectivity index (χ0v) is 22.9. The third-order valence-electron chi connectivity index (χ3n) is 7.08. The standard InChI is InChI=1S/C28H39N3O8/c1-6-7-11-14-34-28-23(30-31-29)17(2)25(22(38-28)16-35-20(5)32)39-27-18(3)26(24(33)19(4)37-27)36-15-21-12-9-8-10-13-21/h1,8-10,12-13,17-19,22-28,33H,7,11,14-16H2,2-5H3/t17-,18?,19?,22?,23?,24+,25-,26+,27+,28?/m1/s1. The van der Waals surface area contributed by atoms with E-state index in [9.17, 15) is 15.4 Å². The van der Waals surface area contributed by atoms with Gasteiger partial charge < -0.3 is 33.5 Å². The van der Waals surface area contributed by atoms with Gasteiger partial charge in [-0.05, 0) is 30.4 Å². The Hall–Kier alpha value is -2.68. The van der Waals surface area contributed by atoms with Crippen LogP contribution in [0.1, 0.15) is 46.1 Å². The van der Waals surface area contributed by atoms with E-state index in [0.29, 0.717) is 26.1 Å². The van der Waals surface area contributed by atoms with Crippen molar-refractivity contribution in [1.82, 2.24) is 0 Å². The van der Waals surface area contributed by atoms with Crippen LogP contribution in [0.3, 0.4) is 0 Å². The van der Waals surface area contributed by atoms with Crippen LogP contribution in [0.5, 0.6) is 0 Å². The van der Waals surface area contributed by atoms with Crippen LogP contribution in [0.2, 0.25) is 0 Å². The summed E-state index contributed by atoms with van der Waals surface area (Å²) >= 11 is 0. The largest absolute Gasteiger partial charge is 0.463 e. The molecule has 5 unspecified atom stereocenters. The fraction of sp³-hybridized carbons (Fsp3) is 0.679. The predicted molar refractivity (Wildman–Crippen MR) is 141 cm³/mol. The molecule has 2 saturated heterocycles. The Bertz CT molecular complexity index is 998. The zero-order valence-electron chi connectivity index (χ0n) is 22.9. The minimum Gasteiger partial charge on any atom is -0.463 e. The number of nitrogens with zero attached hydrogens (tertiary/aromatic N) is 3. The molecule has 10 atom stereocenters. The van der Waals surface area contributed by atoms with Crippen LogP contribution >= 0.6 is 0 Å². The van der Waals surface area contributed by atoms with Crippen molar-refractivity contribution in [3.8, 4) is 12.3 Å². The van der Waals surface area contributed by atoms with Crippen molar-refractivity contribution in [1.29, 1.82) is 0 Å². The highest BCUT2D eigenvalue weighted by molar-refractivity contribution is 5.65. The van der Waals surface area contributed by atoms with E-state index in [1.165, 1.54) is 6.92 Å². The van der Waals surface area contributed by atoms with Crippen molar-refractivity contribution in [3.05, 3.63) is 46.3 Å². The molecule has 3 rings (SSSR count). The van der Waals surface area contributed by atoms with Gasteiger partial charge in [0.1, 0.15) is 18.8 Å². The molecule has 39 heavy (non-hydrogen) atoms. The molecule has 0 aliphatic carbocycles. The summed E-state index contributed by atoms with van der Waals surface area (Å²) in [6, 6.07) is 8.97. The van der Waals surface area contributed by atoms with E-state index < -0.39 is 61.0 Å². The van der Waals surface area contributed by atoms with E-state index in [-0.39, 0.29) is 12.5 Å². The minimum atomic E-state index is -0.874. The number of benzene rings is 1. The molecule has 2 heterocycles. The summed E-state index contributed by atoms with van der Waals surface area (Å²) in [6.07, 6.45) is 1.41. The van der Waals surface area contributed by atoms with Gasteiger partial charge in [0.2, 0.25) is 0 Å². The molecule has 2 fully saturated rings. The molecule has 2 aliphatic heterocycles. The van der Waals surface area contributed by atoms with Crippen molar-refractivity contribution in [3.63, 3.8) is 0 Å². The number of carbonyl (C=O) groups is 1. The summed E-state index contributed by atoms with van der Waals surface area (Å²) in [7, 11) is 0. The smallest absolute Gasteiger partial charge is 0.302 e. The van der Waals surface area contributed by atoms with E-state index in [1.807, 2.05) is 44.2 Å². The number of hydrogen-bond acceptors (Lipinski definition) is 9. The molecule has 11 nitrogen and oxygen atoms in total. The number of azide groups is 1. The summed E-state index contributed by atoms with van der Waals surface area (Å²) < 4.78 is 36.0. The fourth-order valence-corrected chi connectivity index (χ4v) is 4.86. The molecule has 0 bridgehead atoms. The van der Waals surface area contributed by atoms with Crippen LogP contribution in [0, 0.1) is 24.2 Å². The number of rotatable bonds is 12. The van der Waals surface area contributed by atoms with Crippen molar-refractivity contribution in [2.75, 3.05) is 13.2 Å². The van der Waals surface area contributed by atoms with Crippen LogP contribution in [0.25, 0.3) is 10.4 Å². The van der Waals surface area contributed by atoms with Gasteiger partial charge in [0, 0.05) is 24.2 Å². The second-order valence-corrected chi connectivity index (χ2v) is 10.00. The summed E-state index contributed by atoms with van der Waals surface area (Å²) in [5.41, 5.74) is 10.2. The van der Waals surface area contributed by atoms with Crippen molar-refractivity contribution < 1.29 is 38.3 Å². The molecule has 0 saturated carbocycles. The molecule has 0 amide bonds. The lowest BCUT2D eigenvalue weighted by Crippen LogP contribution is -2.60. The van der Waals surface area contributed by atoms with Crippen LogP contribution in [-0.2, 0) is 39.8 Å². The topological polar surface area (TPSA) is 141 Å². The third-order valence-corrected chi connectivity index (χ3v) is 7.08. The second kappa shape index (κ2) is 15.2. The van der Waals surface area contributed by atoms with E-state index in [4.69, 9.17) is 34.8 Å². The molecular weight excluding hydrogens is 506 g/mol. The number of esters is 1. The molecule has 11 heteroatoms. The highest BCUT2D eigenvalue weighted by Gasteiger charge is 2.49. The van der Waals surface area contributed by atoms with Gasteiger partial charge in [-0.15, -0.1) is 12.3 Å². The highest BCUT2D eigenvalue weighted by Crippen LogP contribution is 2.36. The summed E-state index contributed by atoms with van der Waals surface area (Å²) in [5, 5.41) is 14.8. The van der Waals surface area contributed by atoms with E-state index in [0.717, 1.165) is 5.56 Å². The lowest BCUT2D eigenvalue weighted by atomic mass is 9.88.